The van der Waals surface area contributed by atoms with Crippen molar-refractivity contribution in [2.24, 2.45) is 0 Å². The molecule has 9 heteroatoms. The third kappa shape index (κ3) is 8.77. The smallest absolute Gasteiger partial charge is 0.237 e. The van der Waals surface area contributed by atoms with Crippen LogP contribution in [0.2, 0.25) is 0 Å². The number of benzene rings is 4. The van der Waals surface area contributed by atoms with Gasteiger partial charge >= 0.3 is 0 Å². The molecule has 2 N–H and O–H groups in total. The molecule has 2 heterocycles. The molecule has 0 fully saturated rings. The molecule has 1 aliphatic rings. The lowest BCUT2D eigenvalue weighted by atomic mass is 9.86. The Bertz CT molecular complexity index is 2350. The van der Waals surface area contributed by atoms with Crippen molar-refractivity contribution in [1.82, 2.24) is 0 Å². The van der Waals surface area contributed by atoms with Crippen molar-refractivity contribution >= 4 is 35.3 Å². The van der Waals surface area contributed by atoms with E-state index in [1.807, 2.05) is 164 Å². The highest BCUT2D eigenvalue weighted by atomic mass is 32.1. The van der Waals surface area contributed by atoms with Crippen LogP contribution < -0.4 is 9.64 Å². The summed E-state index contributed by atoms with van der Waals surface area (Å²) in [5.74, 6) is 0.653. The molecule has 5 aromatic rings. The van der Waals surface area contributed by atoms with Crippen molar-refractivity contribution in [2.45, 2.75) is 19.1 Å². The number of nitriles is 2. The van der Waals surface area contributed by atoms with Gasteiger partial charge in [-0.3, -0.25) is 0 Å². The maximum absolute atomic E-state index is 9.73. The fourth-order valence-corrected chi connectivity index (χ4v) is 7.16. The van der Waals surface area contributed by atoms with E-state index >= 15 is 0 Å². The first-order valence-electron chi connectivity index (χ1n) is 17.7. The van der Waals surface area contributed by atoms with Crippen molar-refractivity contribution in [3.8, 4) is 29.0 Å². The molecule has 6 rings (SSSR count). The number of rotatable bonds is 14. The number of anilines is 1. The summed E-state index contributed by atoms with van der Waals surface area (Å²) >= 11 is 1.56. The zero-order valence-electron chi connectivity index (χ0n) is 30.2. The van der Waals surface area contributed by atoms with Crippen LogP contribution in [0, 0.1) is 29.2 Å². The highest BCUT2D eigenvalue weighted by Gasteiger charge is 2.43. The molecular formula is C46H38N4O4S. The van der Waals surface area contributed by atoms with E-state index in [4.69, 9.17) is 16.0 Å². The quantitative estimate of drug-likeness (QED) is 0.0861. The van der Waals surface area contributed by atoms with Crippen LogP contribution in [0.5, 0.6) is 5.75 Å². The molecular weight excluding hydrogens is 705 g/mol. The summed E-state index contributed by atoms with van der Waals surface area (Å²) in [5.41, 5.74) is 4.91. The monoisotopic (exact) mass is 742 g/mol. The number of allylic oxidation sites excluding steroid dienone is 1. The van der Waals surface area contributed by atoms with E-state index in [9.17, 15) is 20.7 Å². The summed E-state index contributed by atoms with van der Waals surface area (Å²) in [7, 11) is 0. The van der Waals surface area contributed by atoms with Crippen LogP contribution in [0.15, 0.2) is 144 Å². The first kappa shape index (κ1) is 38.1. The minimum atomic E-state index is -1.13. The summed E-state index contributed by atoms with van der Waals surface area (Å²) in [6.45, 7) is 11.0. The number of aliphatic hydroxyl groups excluding tert-OH is 2. The summed E-state index contributed by atoms with van der Waals surface area (Å²) in [5, 5.41) is 38.7. The molecule has 55 heavy (non-hydrogen) atoms. The number of thiophene rings is 1. The molecule has 0 radical (unpaired) electrons. The number of ether oxygens (including phenoxy) is 2. The Labute approximate surface area is 325 Å². The SMILES string of the molecule is [C-]#[N+]C1=C(/C=C/c2ccc(/C=C/c3ccc(N(CCO)CCO)cc3OCc3ccccc3)s2)C(C)(c2ccc(-c3ccccc3)cc2)OC1=C(C#N)C#N. The highest BCUT2D eigenvalue weighted by Crippen LogP contribution is 2.48. The Hall–Kier alpha value is -6.67. The van der Waals surface area contributed by atoms with Gasteiger partial charge in [-0.1, -0.05) is 91.0 Å². The number of hydrogen-bond donors (Lipinski definition) is 2. The predicted octanol–water partition coefficient (Wildman–Crippen LogP) is 9.39. The van der Waals surface area contributed by atoms with Crippen LogP contribution in [0.25, 0.3) is 34.2 Å². The van der Waals surface area contributed by atoms with E-state index in [1.165, 1.54) is 0 Å². The zero-order chi connectivity index (χ0) is 38.6. The van der Waals surface area contributed by atoms with E-state index < -0.39 is 5.60 Å². The molecule has 1 unspecified atom stereocenters. The van der Waals surface area contributed by atoms with Gasteiger partial charge in [0.1, 0.15) is 30.1 Å². The molecule has 1 aromatic heterocycles. The minimum Gasteiger partial charge on any atom is -0.488 e. The number of hydrogen-bond acceptors (Lipinski definition) is 8. The maximum Gasteiger partial charge on any atom is 0.237 e. The second-order valence-corrected chi connectivity index (χ2v) is 13.9. The molecule has 8 nitrogen and oxygen atoms in total. The molecule has 0 saturated carbocycles. The number of nitrogens with zero attached hydrogens (tertiary/aromatic N) is 4. The maximum atomic E-state index is 9.73. The average Bonchev–Trinajstić information content (AvgIpc) is 3.81. The lowest BCUT2D eigenvalue weighted by Crippen LogP contribution is -2.29. The fourth-order valence-electron chi connectivity index (χ4n) is 6.34. The molecule has 0 bridgehead atoms. The molecule has 1 aliphatic heterocycles. The third-order valence-electron chi connectivity index (χ3n) is 9.22. The first-order chi connectivity index (χ1) is 26.9. The van der Waals surface area contributed by atoms with E-state index in [-0.39, 0.29) is 30.2 Å². The molecule has 272 valence electrons. The van der Waals surface area contributed by atoms with Gasteiger partial charge in [0.25, 0.3) is 0 Å². The first-order valence-corrected chi connectivity index (χ1v) is 18.5. The number of aliphatic hydroxyl groups is 2. The van der Waals surface area contributed by atoms with Crippen molar-refractivity contribution in [1.29, 1.82) is 10.5 Å². The van der Waals surface area contributed by atoms with Gasteiger partial charge in [-0.05, 0) is 71.7 Å². The standard InChI is InChI=1S/C46H38N4O4S/c1-46(38-17-13-35(14-18-38)34-11-7-4-8-12-34)42(44(49-2)45(54-46)37(30-47)31-48)24-23-41-22-21-40(55-41)20-16-36-15-19-39(50(25-27-51)26-28-52)29-43(36)53-32-33-9-5-3-6-10-33/h3-24,29,51-52H,25-28,32H2,1H3/b20-16+,24-23+. The van der Waals surface area contributed by atoms with E-state index in [0.29, 0.717) is 31.0 Å². The van der Waals surface area contributed by atoms with Gasteiger partial charge in [0, 0.05) is 45.7 Å². The second kappa shape index (κ2) is 17.9. The second-order valence-electron chi connectivity index (χ2n) is 12.7. The Morgan fingerprint density at radius 2 is 1.44 bits per heavy atom. The van der Waals surface area contributed by atoms with Gasteiger partial charge in [-0.2, -0.15) is 10.5 Å². The van der Waals surface area contributed by atoms with Crippen molar-refractivity contribution in [3.63, 3.8) is 0 Å². The summed E-state index contributed by atoms with van der Waals surface area (Å²) in [4.78, 5) is 7.58. The van der Waals surface area contributed by atoms with Crippen LogP contribution in [-0.2, 0) is 16.9 Å². The van der Waals surface area contributed by atoms with Crippen LogP contribution in [-0.4, -0.2) is 36.5 Å². The average molecular weight is 743 g/mol. The Kier molecular flexibility index (Phi) is 12.4. The van der Waals surface area contributed by atoms with Gasteiger partial charge in [0.15, 0.2) is 11.3 Å². The summed E-state index contributed by atoms with van der Waals surface area (Å²) in [6.07, 6.45) is 7.77. The molecule has 4 aromatic carbocycles. The normalized spacial score (nSPS) is 15.1. The Balaban J connectivity index is 1.29. The minimum absolute atomic E-state index is 0.0174. The van der Waals surface area contributed by atoms with Gasteiger partial charge in [-0.15, -0.1) is 11.3 Å². The Morgan fingerprint density at radius 1 is 0.818 bits per heavy atom. The van der Waals surface area contributed by atoms with E-state index in [0.717, 1.165) is 43.3 Å². The van der Waals surface area contributed by atoms with Crippen LogP contribution in [0.1, 0.15) is 33.4 Å². The third-order valence-corrected chi connectivity index (χ3v) is 10.2. The molecule has 0 aliphatic carbocycles. The van der Waals surface area contributed by atoms with Gasteiger partial charge in [-0.25, -0.2) is 4.85 Å². The molecule has 1 atom stereocenters. The molecule has 0 saturated heterocycles. The molecule has 0 amide bonds. The predicted molar refractivity (Wildman–Crippen MR) is 218 cm³/mol. The topological polar surface area (TPSA) is 114 Å². The molecule has 0 spiro atoms. The van der Waals surface area contributed by atoms with Crippen molar-refractivity contribution < 1.29 is 19.7 Å². The van der Waals surface area contributed by atoms with E-state index in [2.05, 4.69) is 4.85 Å². The summed E-state index contributed by atoms with van der Waals surface area (Å²) < 4.78 is 12.7. The Morgan fingerprint density at radius 3 is 2.05 bits per heavy atom. The summed E-state index contributed by atoms with van der Waals surface area (Å²) in [6, 6.07) is 41.5. The lowest BCUT2D eigenvalue weighted by Gasteiger charge is -2.28. The van der Waals surface area contributed by atoms with Crippen molar-refractivity contribution in [3.05, 3.63) is 182 Å². The van der Waals surface area contributed by atoms with Crippen LogP contribution in [0.3, 0.4) is 0 Å². The van der Waals surface area contributed by atoms with Crippen molar-refractivity contribution in [2.75, 3.05) is 31.2 Å². The zero-order valence-corrected chi connectivity index (χ0v) is 31.0. The van der Waals surface area contributed by atoms with Crippen LogP contribution in [0.4, 0.5) is 5.69 Å². The van der Waals surface area contributed by atoms with Crippen LogP contribution >= 0.6 is 11.3 Å². The highest BCUT2D eigenvalue weighted by molar-refractivity contribution is 7.13. The van der Waals surface area contributed by atoms with Gasteiger partial charge in [0.05, 0.1) is 19.8 Å². The largest absolute Gasteiger partial charge is 0.488 e. The van der Waals surface area contributed by atoms with Gasteiger partial charge < -0.3 is 24.6 Å². The van der Waals surface area contributed by atoms with Gasteiger partial charge in [0.2, 0.25) is 5.70 Å². The lowest BCUT2D eigenvalue weighted by molar-refractivity contribution is 0.0755. The fraction of sp³-hybridized carbons (Fsp3) is 0.152. The van der Waals surface area contributed by atoms with E-state index in [1.54, 1.807) is 11.3 Å².